The first-order valence-corrected chi connectivity index (χ1v) is 5.78. The first kappa shape index (κ1) is 14.3. The first-order valence-electron chi connectivity index (χ1n) is 5.78. The lowest BCUT2D eigenvalue weighted by Crippen LogP contribution is -2.43. The monoisotopic (exact) mass is 257 g/mol. The van der Waals surface area contributed by atoms with E-state index in [4.69, 9.17) is 5.11 Å². The predicted molar refractivity (Wildman–Crippen MR) is 64.0 cm³/mol. The number of likely N-dealkylation sites (N-methyl/N-ethyl adjacent to an activating group) is 1. The lowest BCUT2D eigenvalue weighted by atomic mass is 9.99. The average Bonchev–Trinajstić information content (AvgIpc) is 2.67. The van der Waals surface area contributed by atoms with Crippen LogP contribution < -0.4 is 5.32 Å². The summed E-state index contributed by atoms with van der Waals surface area (Å²) in [6.07, 6.45) is 0. The summed E-state index contributed by atoms with van der Waals surface area (Å²) in [5, 5.41) is 11.4. The van der Waals surface area contributed by atoms with Crippen molar-refractivity contribution in [2.45, 2.75) is 6.92 Å². The van der Waals surface area contributed by atoms with Crippen LogP contribution in [0, 0.1) is 11.8 Å². The Morgan fingerprint density at radius 1 is 1.33 bits per heavy atom. The Labute approximate surface area is 106 Å². The van der Waals surface area contributed by atoms with Gasteiger partial charge in [-0.15, -0.1) is 0 Å². The van der Waals surface area contributed by atoms with Crippen molar-refractivity contribution in [1.82, 2.24) is 15.1 Å². The first-order chi connectivity index (χ1) is 8.32. The van der Waals surface area contributed by atoms with Crippen molar-refractivity contribution in [3.05, 3.63) is 0 Å². The molecule has 1 saturated heterocycles. The lowest BCUT2D eigenvalue weighted by molar-refractivity contribution is -0.142. The standard InChI is InChI=1S/C11H19N3O4/c1-7-5-14(6-8(7)10(16)17)11(18)12-4-9(15)13(2)3/h7-8H,4-6H2,1-3H3,(H,12,18)(H,16,17). The molecule has 102 valence electrons. The van der Waals surface area contributed by atoms with Gasteiger partial charge in [-0.05, 0) is 5.92 Å². The van der Waals surface area contributed by atoms with Gasteiger partial charge in [-0.1, -0.05) is 6.92 Å². The Hall–Kier alpha value is -1.79. The van der Waals surface area contributed by atoms with Crippen LogP contribution in [0.25, 0.3) is 0 Å². The minimum atomic E-state index is -0.887. The number of carboxylic acids is 1. The number of nitrogens with zero attached hydrogens (tertiary/aromatic N) is 2. The summed E-state index contributed by atoms with van der Waals surface area (Å²) in [7, 11) is 3.21. The van der Waals surface area contributed by atoms with E-state index in [2.05, 4.69) is 5.32 Å². The van der Waals surface area contributed by atoms with E-state index < -0.39 is 11.9 Å². The number of amides is 3. The number of hydrogen-bond acceptors (Lipinski definition) is 3. The van der Waals surface area contributed by atoms with Crippen molar-refractivity contribution in [3.63, 3.8) is 0 Å². The van der Waals surface area contributed by atoms with E-state index in [9.17, 15) is 14.4 Å². The Bertz CT molecular complexity index is 356. The fourth-order valence-electron chi connectivity index (χ4n) is 1.88. The number of carbonyl (C=O) groups is 3. The molecule has 0 aliphatic carbocycles. The highest BCUT2D eigenvalue weighted by Crippen LogP contribution is 2.22. The second-order valence-corrected chi connectivity index (χ2v) is 4.77. The highest BCUT2D eigenvalue weighted by Gasteiger charge is 2.36. The highest BCUT2D eigenvalue weighted by molar-refractivity contribution is 5.84. The maximum absolute atomic E-state index is 11.7. The molecule has 0 radical (unpaired) electrons. The van der Waals surface area contributed by atoms with Crippen LogP contribution in [0.4, 0.5) is 4.79 Å². The molecular weight excluding hydrogens is 238 g/mol. The molecule has 1 aliphatic heterocycles. The number of carboxylic acid groups (broad SMARTS) is 1. The molecule has 2 N–H and O–H groups in total. The van der Waals surface area contributed by atoms with Gasteiger partial charge in [0.1, 0.15) is 0 Å². The zero-order chi connectivity index (χ0) is 13.9. The Balaban J connectivity index is 2.45. The Kier molecular flexibility index (Phi) is 4.52. The fourth-order valence-corrected chi connectivity index (χ4v) is 1.88. The van der Waals surface area contributed by atoms with Crippen LogP contribution in [-0.2, 0) is 9.59 Å². The van der Waals surface area contributed by atoms with Crippen LogP contribution in [0.2, 0.25) is 0 Å². The summed E-state index contributed by atoms with van der Waals surface area (Å²) in [5.74, 6) is -1.69. The normalized spacial score (nSPS) is 22.7. The smallest absolute Gasteiger partial charge is 0.317 e. The van der Waals surface area contributed by atoms with Gasteiger partial charge in [0.2, 0.25) is 5.91 Å². The van der Waals surface area contributed by atoms with Crippen molar-refractivity contribution in [3.8, 4) is 0 Å². The third-order valence-corrected chi connectivity index (χ3v) is 3.11. The number of hydrogen-bond donors (Lipinski definition) is 2. The van der Waals surface area contributed by atoms with Gasteiger partial charge in [-0.3, -0.25) is 9.59 Å². The highest BCUT2D eigenvalue weighted by atomic mass is 16.4. The average molecular weight is 257 g/mol. The van der Waals surface area contributed by atoms with E-state index in [0.717, 1.165) is 0 Å². The number of urea groups is 1. The van der Waals surface area contributed by atoms with Gasteiger partial charge >= 0.3 is 12.0 Å². The Morgan fingerprint density at radius 3 is 2.39 bits per heavy atom. The number of likely N-dealkylation sites (tertiary alicyclic amines) is 1. The zero-order valence-corrected chi connectivity index (χ0v) is 10.8. The molecule has 3 amide bonds. The summed E-state index contributed by atoms with van der Waals surface area (Å²) in [6.45, 7) is 2.32. The van der Waals surface area contributed by atoms with Crippen LogP contribution >= 0.6 is 0 Å². The van der Waals surface area contributed by atoms with Crippen LogP contribution in [0.5, 0.6) is 0 Å². The molecule has 1 heterocycles. The summed E-state index contributed by atoms with van der Waals surface area (Å²) in [5.41, 5.74) is 0. The van der Waals surface area contributed by atoms with Crippen molar-refractivity contribution in [2.75, 3.05) is 33.7 Å². The number of carbonyl (C=O) groups excluding carboxylic acids is 2. The zero-order valence-electron chi connectivity index (χ0n) is 10.8. The van der Waals surface area contributed by atoms with Gasteiger partial charge in [0, 0.05) is 27.2 Å². The topological polar surface area (TPSA) is 90.0 Å². The van der Waals surface area contributed by atoms with Gasteiger partial charge < -0.3 is 20.2 Å². The molecule has 0 bridgehead atoms. The largest absolute Gasteiger partial charge is 0.481 e. The fraction of sp³-hybridized carbons (Fsp3) is 0.727. The van der Waals surface area contributed by atoms with Gasteiger partial charge in [0.15, 0.2) is 0 Å². The van der Waals surface area contributed by atoms with E-state index in [0.29, 0.717) is 6.54 Å². The van der Waals surface area contributed by atoms with Crippen LogP contribution in [0.1, 0.15) is 6.92 Å². The lowest BCUT2D eigenvalue weighted by Gasteiger charge is -2.17. The molecule has 7 heteroatoms. The molecule has 2 unspecified atom stereocenters. The van der Waals surface area contributed by atoms with Crippen molar-refractivity contribution in [2.24, 2.45) is 11.8 Å². The third kappa shape index (κ3) is 3.35. The van der Waals surface area contributed by atoms with E-state index >= 15 is 0 Å². The molecule has 1 rings (SSSR count). The molecule has 1 fully saturated rings. The van der Waals surface area contributed by atoms with E-state index in [1.165, 1.54) is 9.80 Å². The van der Waals surface area contributed by atoms with Crippen LogP contribution in [0.15, 0.2) is 0 Å². The predicted octanol–water partition coefficient (Wildman–Crippen LogP) is -0.563. The molecule has 0 aromatic heterocycles. The summed E-state index contributed by atoms with van der Waals surface area (Å²) in [4.78, 5) is 36.8. The van der Waals surface area contributed by atoms with Gasteiger partial charge in [-0.25, -0.2) is 4.79 Å². The molecule has 0 saturated carbocycles. The summed E-state index contributed by atoms with van der Waals surface area (Å²) < 4.78 is 0. The minimum Gasteiger partial charge on any atom is -0.481 e. The number of rotatable bonds is 3. The minimum absolute atomic E-state index is 0.0715. The summed E-state index contributed by atoms with van der Waals surface area (Å²) >= 11 is 0. The van der Waals surface area contributed by atoms with Crippen LogP contribution in [0.3, 0.4) is 0 Å². The number of nitrogens with one attached hydrogen (secondary N) is 1. The van der Waals surface area contributed by atoms with Crippen molar-refractivity contribution < 1.29 is 19.5 Å². The molecule has 0 aromatic carbocycles. The quantitative estimate of drug-likeness (QED) is 0.709. The number of aliphatic carboxylic acids is 1. The van der Waals surface area contributed by atoms with Crippen molar-refractivity contribution >= 4 is 17.9 Å². The van der Waals surface area contributed by atoms with Gasteiger partial charge in [0.05, 0.1) is 12.5 Å². The maximum atomic E-state index is 11.7. The van der Waals surface area contributed by atoms with Crippen LogP contribution in [-0.4, -0.2) is 66.5 Å². The van der Waals surface area contributed by atoms with Crippen molar-refractivity contribution in [1.29, 1.82) is 0 Å². The second kappa shape index (κ2) is 5.70. The van der Waals surface area contributed by atoms with E-state index in [1.807, 2.05) is 0 Å². The molecule has 0 spiro atoms. The third-order valence-electron chi connectivity index (χ3n) is 3.11. The second-order valence-electron chi connectivity index (χ2n) is 4.77. The van der Waals surface area contributed by atoms with E-state index in [1.54, 1.807) is 21.0 Å². The SMILES string of the molecule is CC1CN(C(=O)NCC(=O)N(C)C)CC1C(=O)O. The molecule has 1 aliphatic rings. The molecular formula is C11H19N3O4. The molecule has 2 atom stereocenters. The van der Waals surface area contributed by atoms with Gasteiger partial charge in [0.25, 0.3) is 0 Å². The molecule has 7 nitrogen and oxygen atoms in total. The van der Waals surface area contributed by atoms with Gasteiger partial charge in [-0.2, -0.15) is 0 Å². The van der Waals surface area contributed by atoms with E-state index in [-0.39, 0.29) is 30.9 Å². The molecule has 0 aromatic rings. The maximum Gasteiger partial charge on any atom is 0.317 e. The Morgan fingerprint density at radius 2 is 1.94 bits per heavy atom. The summed E-state index contributed by atoms with van der Waals surface area (Å²) in [6, 6.07) is -0.388. The molecule has 18 heavy (non-hydrogen) atoms.